The minimum absolute atomic E-state index is 0.114. The number of aromatic nitrogens is 1. The summed E-state index contributed by atoms with van der Waals surface area (Å²) in [6, 6.07) is 3.80. The molecule has 1 aromatic rings. The van der Waals surface area contributed by atoms with Crippen LogP contribution in [0.4, 0.5) is 13.2 Å². The van der Waals surface area contributed by atoms with Crippen LogP contribution in [0.3, 0.4) is 0 Å². The van der Waals surface area contributed by atoms with Crippen molar-refractivity contribution in [2.45, 2.75) is 17.6 Å². The molecule has 0 unspecified atom stereocenters. The van der Waals surface area contributed by atoms with E-state index in [1.165, 1.54) is 0 Å². The van der Waals surface area contributed by atoms with E-state index in [1.54, 1.807) is 7.11 Å². The topological polar surface area (TPSA) is 45.9 Å². The molecule has 0 aliphatic rings. The molecule has 0 aliphatic heterocycles. The van der Waals surface area contributed by atoms with Gasteiger partial charge in [0.05, 0.1) is 5.56 Å². The Balaban J connectivity index is 2.83. The Bertz CT molecular complexity index is 443. The molecular formula is C11H11F3N2OS. The zero-order chi connectivity index (χ0) is 13.6. The lowest BCUT2D eigenvalue weighted by atomic mass is 10.2. The number of nitrogens with zero attached hydrogens (tertiary/aromatic N) is 2. The molecule has 0 radical (unpaired) electrons. The van der Waals surface area contributed by atoms with Gasteiger partial charge in [-0.05, 0) is 18.6 Å². The summed E-state index contributed by atoms with van der Waals surface area (Å²) in [5.41, 5.74) is -0.818. The van der Waals surface area contributed by atoms with Crippen LogP contribution < -0.4 is 0 Å². The molecule has 0 saturated carbocycles. The van der Waals surface area contributed by atoms with Gasteiger partial charge in [0, 0.05) is 19.5 Å². The van der Waals surface area contributed by atoms with Crippen molar-refractivity contribution in [3.05, 3.63) is 23.4 Å². The third-order valence-electron chi connectivity index (χ3n) is 2.00. The zero-order valence-electron chi connectivity index (χ0n) is 9.62. The van der Waals surface area contributed by atoms with Gasteiger partial charge in [0.15, 0.2) is 0 Å². The van der Waals surface area contributed by atoms with Crippen molar-refractivity contribution in [3.8, 4) is 6.07 Å². The van der Waals surface area contributed by atoms with Crippen LogP contribution in [0.2, 0.25) is 0 Å². The lowest BCUT2D eigenvalue weighted by Gasteiger charge is -2.08. The smallest absolute Gasteiger partial charge is 0.385 e. The summed E-state index contributed by atoms with van der Waals surface area (Å²) in [7, 11) is 1.55. The zero-order valence-corrected chi connectivity index (χ0v) is 10.4. The summed E-state index contributed by atoms with van der Waals surface area (Å²) >= 11 is 1.13. The third kappa shape index (κ3) is 4.20. The number of nitriles is 1. The second-order valence-electron chi connectivity index (χ2n) is 3.35. The highest BCUT2D eigenvalue weighted by molar-refractivity contribution is 7.99. The number of hydrogen-bond donors (Lipinski definition) is 0. The largest absolute Gasteiger partial charge is 0.433 e. The minimum Gasteiger partial charge on any atom is -0.385 e. The van der Waals surface area contributed by atoms with Gasteiger partial charge in [-0.3, -0.25) is 0 Å². The van der Waals surface area contributed by atoms with E-state index >= 15 is 0 Å². The number of thioether (sulfide) groups is 1. The maximum Gasteiger partial charge on any atom is 0.433 e. The number of hydrogen-bond acceptors (Lipinski definition) is 4. The van der Waals surface area contributed by atoms with Gasteiger partial charge in [0.25, 0.3) is 0 Å². The van der Waals surface area contributed by atoms with Crippen molar-refractivity contribution in [1.82, 2.24) is 4.98 Å². The Kier molecular flexibility index (Phi) is 5.44. The molecule has 1 aromatic heterocycles. The quantitative estimate of drug-likeness (QED) is 0.612. The fourth-order valence-electron chi connectivity index (χ4n) is 1.17. The minimum atomic E-state index is -4.49. The summed E-state index contributed by atoms with van der Waals surface area (Å²) in [6.45, 7) is 0.522. The molecule has 0 saturated heterocycles. The summed E-state index contributed by atoms with van der Waals surface area (Å²) in [4.78, 5) is 3.49. The first-order chi connectivity index (χ1) is 8.49. The van der Waals surface area contributed by atoms with Crippen molar-refractivity contribution in [1.29, 1.82) is 5.26 Å². The van der Waals surface area contributed by atoms with Crippen LogP contribution in [0.5, 0.6) is 0 Å². The van der Waals surface area contributed by atoms with Gasteiger partial charge in [0.1, 0.15) is 16.8 Å². The molecule has 3 nitrogen and oxygen atoms in total. The van der Waals surface area contributed by atoms with Gasteiger partial charge in [-0.2, -0.15) is 18.4 Å². The Labute approximate surface area is 107 Å². The molecule has 1 heterocycles. The summed E-state index contributed by atoms with van der Waals surface area (Å²) in [5, 5.41) is 8.92. The average Bonchev–Trinajstić information content (AvgIpc) is 2.33. The van der Waals surface area contributed by atoms with Crippen molar-refractivity contribution in [2.75, 3.05) is 19.5 Å². The summed E-state index contributed by atoms with van der Waals surface area (Å²) in [5.74, 6) is 0.552. The Morgan fingerprint density at radius 3 is 2.72 bits per heavy atom. The van der Waals surface area contributed by atoms with Gasteiger partial charge < -0.3 is 4.74 Å². The predicted molar refractivity (Wildman–Crippen MR) is 61.2 cm³/mol. The fourth-order valence-corrected chi connectivity index (χ4v) is 2.05. The number of methoxy groups -OCH3 is 1. The van der Waals surface area contributed by atoms with E-state index in [4.69, 9.17) is 10.00 Å². The highest BCUT2D eigenvalue weighted by Crippen LogP contribution is 2.30. The molecular weight excluding hydrogens is 265 g/mol. The molecule has 0 N–H and O–H groups in total. The second-order valence-corrected chi connectivity index (χ2v) is 4.44. The second kappa shape index (κ2) is 6.61. The highest BCUT2D eigenvalue weighted by Gasteiger charge is 2.33. The number of halogens is 3. The van der Waals surface area contributed by atoms with Crippen molar-refractivity contribution in [3.63, 3.8) is 0 Å². The van der Waals surface area contributed by atoms with Gasteiger partial charge in [-0.1, -0.05) is 0 Å². The van der Waals surface area contributed by atoms with E-state index in [0.717, 1.165) is 23.9 Å². The molecule has 0 amide bonds. The van der Waals surface area contributed by atoms with E-state index in [2.05, 4.69) is 4.98 Å². The number of rotatable bonds is 5. The molecule has 0 aromatic carbocycles. The van der Waals surface area contributed by atoms with E-state index in [0.29, 0.717) is 18.8 Å². The first-order valence-corrected chi connectivity index (χ1v) is 6.07. The molecule has 0 bridgehead atoms. The number of ether oxygens (including phenoxy) is 1. The molecule has 0 spiro atoms. The SMILES string of the molecule is COCCCSc1nc(C(F)(F)F)ccc1C#N. The van der Waals surface area contributed by atoms with Crippen molar-refractivity contribution in [2.24, 2.45) is 0 Å². The first kappa shape index (κ1) is 14.8. The van der Waals surface area contributed by atoms with Crippen molar-refractivity contribution >= 4 is 11.8 Å². The van der Waals surface area contributed by atoms with Crippen LogP contribution >= 0.6 is 11.8 Å². The Morgan fingerprint density at radius 1 is 1.44 bits per heavy atom. The fraction of sp³-hybridized carbons (Fsp3) is 0.455. The molecule has 1 rings (SSSR count). The lowest BCUT2D eigenvalue weighted by Crippen LogP contribution is -2.09. The van der Waals surface area contributed by atoms with Gasteiger partial charge >= 0.3 is 6.18 Å². The van der Waals surface area contributed by atoms with E-state index in [-0.39, 0.29) is 10.6 Å². The third-order valence-corrected chi connectivity index (χ3v) is 3.08. The van der Waals surface area contributed by atoms with Gasteiger partial charge in [-0.25, -0.2) is 4.98 Å². The molecule has 0 fully saturated rings. The molecule has 0 atom stereocenters. The van der Waals surface area contributed by atoms with Crippen LogP contribution in [-0.4, -0.2) is 24.5 Å². The van der Waals surface area contributed by atoms with Crippen LogP contribution in [-0.2, 0) is 10.9 Å². The van der Waals surface area contributed by atoms with Crippen LogP contribution in [0.1, 0.15) is 17.7 Å². The highest BCUT2D eigenvalue weighted by atomic mass is 32.2. The van der Waals surface area contributed by atoms with Gasteiger partial charge in [-0.15, -0.1) is 11.8 Å². The normalized spacial score (nSPS) is 11.3. The van der Waals surface area contributed by atoms with Crippen LogP contribution in [0, 0.1) is 11.3 Å². The first-order valence-electron chi connectivity index (χ1n) is 5.09. The molecule has 0 aliphatic carbocycles. The predicted octanol–water partition coefficient (Wildman–Crippen LogP) is 3.10. The lowest BCUT2D eigenvalue weighted by molar-refractivity contribution is -0.141. The standard InChI is InChI=1S/C11H11F3N2OS/c1-17-5-2-6-18-10-8(7-15)3-4-9(16-10)11(12,13)14/h3-4H,2,5-6H2,1H3. The van der Waals surface area contributed by atoms with Gasteiger partial charge in [0.2, 0.25) is 0 Å². The Hall–Kier alpha value is -1.26. The number of pyridine rings is 1. The molecule has 98 valence electrons. The average molecular weight is 276 g/mol. The van der Waals surface area contributed by atoms with E-state index in [1.807, 2.05) is 6.07 Å². The van der Waals surface area contributed by atoms with Crippen molar-refractivity contribution < 1.29 is 17.9 Å². The van der Waals surface area contributed by atoms with Crippen LogP contribution in [0.25, 0.3) is 0 Å². The monoisotopic (exact) mass is 276 g/mol. The van der Waals surface area contributed by atoms with Crippen LogP contribution in [0.15, 0.2) is 17.2 Å². The summed E-state index contributed by atoms with van der Waals surface area (Å²) in [6.07, 6.45) is -3.81. The molecule has 7 heteroatoms. The van der Waals surface area contributed by atoms with E-state index < -0.39 is 11.9 Å². The number of alkyl halides is 3. The summed E-state index contributed by atoms with van der Waals surface area (Å²) < 4.78 is 42.3. The maximum absolute atomic E-state index is 12.5. The van der Waals surface area contributed by atoms with E-state index in [9.17, 15) is 13.2 Å². The Morgan fingerprint density at radius 2 is 2.17 bits per heavy atom. The molecule has 18 heavy (non-hydrogen) atoms. The maximum atomic E-state index is 12.5.